The summed E-state index contributed by atoms with van der Waals surface area (Å²) in [6, 6.07) is 5.42. The molecule has 0 fully saturated rings. The third-order valence-electron chi connectivity index (χ3n) is 2.49. The number of aromatic nitrogens is 1. The Labute approximate surface area is 118 Å². The predicted molar refractivity (Wildman–Crippen MR) is 70.6 cm³/mol. The largest absolute Gasteiger partial charge is 0.478 e. The average molecular weight is 295 g/mol. The number of nitrogens with one attached hydrogen (secondary N) is 1. The number of hydrogen-bond acceptors (Lipinski definition) is 3. The van der Waals surface area contributed by atoms with Gasteiger partial charge in [0.05, 0.1) is 22.5 Å². The molecule has 2 N–H and O–H groups in total. The van der Waals surface area contributed by atoms with Gasteiger partial charge in [-0.2, -0.15) is 0 Å². The maximum Gasteiger partial charge on any atom is 0.339 e. The van der Waals surface area contributed by atoms with Crippen LogP contribution in [0.1, 0.15) is 20.7 Å². The van der Waals surface area contributed by atoms with Gasteiger partial charge in [0.15, 0.2) is 5.82 Å². The minimum Gasteiger partial charge on any atom is -0.478 e. The Morgan fingerprint density at radius 1 is 1.30 bits per heavy atom. The van der Waals surface area contributed by atoms with Gasteiger partial charge in [-0.3, -0.25) is 9.78 Å². The molecule has 0 unspecified atom stereocenters. The van der Waals surface area contributed by atoms with Crippen molar-refractivity contribution in [3.05, 3.63) is 58.6 Å². The number of amides is 1. The number of carboxylic acid groups (broad SMARTS) is 1. The molecule has 102 valence electrons. The number of carbonyl (C=O) groups excluding carboxylic acids is 1. The number of halogens is 2. The van der Waals surface area contributed by atoms with E-state index >= 15 is 0 Å². The van der Waals surface area contributed by atoms with Crippen LogP contribution in [0, 0.1) is 5.82 Å². The topological polar surface area (TPSA) is 79.3 Å². The van der Waals surface area contributed by atoms with E-state index < -0.39 is 17.7 Å². The highest BCUT2D eigenvalue weighted by molar-refractivity contribution is 6.34. The minimum absolute atomic E-state index is 0.00814. The van der Waals surface area contributed by atoms with E-state index in [1.165, 1.54) is 30.5 Å². The Kier molecular flexibility index (Phi) is 3.95. The molecule has 0 spiro atoms. The van der Waals surface area contributed by atoms with Crippen molar-refractivity contribution in [2.75, 3.05) is 5.32 Å². The monoisotopic (exact) mass is 294 g/mol. The van der Waals surface area contributed by atoms with Crippen molar-refractivity contribution in [2.45, 2.75) is 0 Å². The highest BCUT2D eigenvalue weighted by atomic mass is 35.5. The molecule has 20 heavy (non-hydrogen) atoms. The van der Waals surface area contributed by atoms with Crippen LogP contribution in [0.5, 0.6) is 0 Å². The van der Waals surface area contributed by atoms with Gasteiger partial charge in [0.25, 0.3) is 5.91 Å². The highest BCUT2D eigenvalue weighted by Gasteiger charge is 2.18. The lowest BCUT2D eigenvalue weighted by atomic mass is 10.1. The molecule has 1 heterocycles. The molecular weight excluding hydrogens is 287 g/mol. The Balaban J connectivity index is 2.36. The lowest BCUT2D eigenvalue weighted by Crippen LogP contribution is -2.16. The molecule has 2 aromatic rings. The Hall–Kier alpha value is -2.47. The Morgan fingerprint density at radius 2 is 2.05 bits per heavy atom. The van der Waals surface area contributed by atoms with Crippen LogP contribution in [0.2, 0.25) is 5.02 Å². The van der Waals surface area contributed by atoms with E-state index in [9.17, 15) is 14.0 Å². The van der Waals surface area contributed by atoms with E-state index in [0.717, 1.165) is 6.20 Å². The number of pyridine rings is 1. The summed E-state index contributed by atoms with van der Waals surface area (Å²) in [7, 11) is 0. The van der Waals surface area contributed by atoms with Gasteiger partial charge in [0.1, 0.15) is 5.56 Å². The van der Waals surface area contributed by atoms with Crippen molar-refractivity contribution in [1.29, 1.82) is 0 Å². The number of carboxylic acids is 1. The zero-order valence-electron chi connectivity index (χ0n) is 9.93. The van der Waals surface area contributed by atoms with Gasteiger partial charge in [-0.1, -0.05) is 17.7 Å². The van der Waals surface area contributed by atoms with Crippen LogP contribution in [0.4, 0.5) is 10.1 Å². The highest BCUT2D eigenvalue weighted by Crippen LogP contribution is 2.25. The summed E-state index contributed by atoms with van der Waals surface area (Å²) in [5, 5.41) is 11.4. The number of aromatic carboxylic acids is 1. The molecule has 1 amide bonds. The van der Waals surface area contributed by atoms with Crippen LogP contribution in [0.3, 0.4) is 0 Å². The molecule has 0 aliphatic carbocycles. The zero-order valence-corrected chi connectivity index (χ0v) is 10.7. The summed E-state index contributed by atoms with van der Waals surface area (Å²) in [5.41, 5.74) is -0.500. The summed E-state index contributed by atoms with van der Waals surface area (Å²) in [6.07, 6.45) is 2.15. The first-order valence-corrected chi connectivity index (χ1v) is 5.81. The summed E-state index contributed by atoms with van der Waals surface area (Å²) in [4.78, 5) is 26.5. The van der Waals surface area contributed by atoms with Crippen LogP contribution in [0.15, 0.2) is 36.7 Å². The smallest absolute Gasteiger partial charge is 0.339 e. The first-order chi connectivity index (χ1) is 9.50. The van der Waals surface area contributed by atoms with E-state index in [-0.39, 0.29) is 21.8 Å². The van der Waals surface area contributed by atoms with Crippen LogP contribution in [-0.4, -0.2) is 22.0 Å². The van der Waals surface area contributed by atoms with Gasteiger partial charge in [-0.15, -0.1) is 0 Å². The molecule has 1 aromatic heterocycles. The van der Waals surface area contributed by atoms with Crippen LogP contribution < -0.4 is 5.32 Å². The van der Waals surface area contributed by atoms with Crippen molar-refractivity contribution in [2.24, 2.45) is 0 Å². The van der Waals surface area contributed by atoms with E-state index in [1.807, 2.05) is 0 Å². The molecule has 2 rings (SSSR count). The standard InChI is InChI=1S/C13H8ClFN2O3/c14-8-2-1-3-10(11(8)13(19)20)17-12(18)7-4-5-16-6-9(7)15/h1-6H,(H,17,18)(H,19,20). The molecule has 5 nitrogen and oxygen atoms in total. The first-order valence-electron chi connectivity index (χ1n) is 5.43. The fourth-order valence-corrected chi connectivity index (χ4v) is 1.85. The van der Waals surface area contributed by atoms with Gasteiger partial charge in [0.2, 0.25) is 0 Å². The second kappa shape index (κ2) is 5.66. The molecule has 1 aromatic carbocycles. The van der Waals surface area contributed by atoms with Crippen molar-refractivity contribution >= 4 is 29.2 Å². The molecule has 0 radical (unpaired) electrons. The molecule has 0 aliphatic rings. The zero-order chi connectivity index (χ0) is 14.7. The summed E-state index contributed by atoms with van der Waals surface area (Å²) in [5.74, 6) is -2.88. The maximum atomic E-state index is 13.4. The molecule has 0 saturated carbocycles. The lowest BCUT2D eigenvalue weighted by Gasteiger charge is -2.09. The van der Waals surface area contributed by atoms with Gasteiger partial charge in [0, 0.05) is 6.20 Å². The number of rotatable bonds is 3. The average Bonchev–Trinajstić information content (AvgIpc) is 2.38. The fraction of sp³-hybridized carbons (Fsp3) is 0. The normalized spacial score (nSPS) is 10.1. The van der Waals surface area contributed by atoms with Gasteiger partial charge in [-0.25, -0.2) is 9.18 Å². The van der Waals surface area contributed by atoms with E-state index in [0.29, 0.717) is 0 Å². The van der Waals surface area contributed by atoms with Gasteiger partial charge >= 0.3 is 5.97 Å². The molecule has 0 bridgehead atoms. The summed E-state index contributed by atoms with van der Waals surface area (Å²) < 4.78 is 13.4. The second-order valence-corrected chi connectivity index (χ2v) is 4.18. The molecule has 0 atom stereocenters. The Bertz CT molecular complexity index is 691. The predicted octanol–water partition coefficient (Wildman–Crippen LogP) is 2.82. The summed E-state index contributed by atoms with van der Waals surface area (Å²) in [6.45, 7) is 0. The molecule has 0 saturated heterocycles. The molecule has 0 aliphatic heterocycles. The first kappa shape index (κ1) is 14.0. The second-order valence-electron chi connectivity index (χ2n) is 3.78. The van der Waals surface area contributed by atoms with E-state index in [1.54, 1.807) is 0 Å². The van der Waals surface area contributed by atoms with Crippen molar-refractivity contribution < 1.29 is 19.1 Å². The van der Waals surface area contributed by atoms with E-state index in [4.69, 9.17) is 16.7 Å². The van der Waals surface area contributed by atoms with Crippen molar-refractivity contribution in [1.82, 2.24) is 4.98 Å². The van der Waals surface area contributed by atoms with Gasteiger partial charge < -0.3 is 10.4 Å². The van der Waals surface area contributed by atoms with Crippen LogP contribution in [0.25, 0.3) is 0 Å². The van der Waals surface area contributed by atoms with Gasteiger partial charge in [-0.05, 0) is 18.2 Å². The SMILES string of the molecule is O=C(Nc1cccc(Cl)c1C(=O)O)c1ccncc1F. The molecular formula is C13H8ClFN2O3. The fourth-order valence-electron chi connectivity index (χ4n) is 1.59. The lowest BCUT2D eigenvalue weighted by molar-refractivity contribution is 0.0698. The number of carbonyl (C=O) groups is 2. The summed E-state index contributed by atoms with van der Waals surface area (Å²) >= 11 is 5.77. The van der Waals surface area contributed by atoms with Crippen LogP contribution >= 0.6 is 11.6 Å². The maximum absolute atomic E-state index is 13.4. The van der Waals surface area contributed by atoms with E-state index in [2.05, 4.69) is 10.3 Å². The quantitative estimate of drug-likeness (QED) is 0.912. The molecule has 7 heteroatoms. The van der Waals surface area contributed by atoms with Crippen molar-refractivity contribution in [3.63, 3.8) is 0 Å². The van der Waals surface area contributed by atoms with Crippen LogP contribution in [-0.2, 0) is 0 Å². The number of hydrogen-bond donors (Lipinski definition) is 2. The number of nitrogens with zero attached hydrogens (tertiary/aromatic N) is 1. The van der Waals surface area contributed by atoms with Crippen molar-refractivity contribution in [3.8, 4) is 0 Å². The minimum atomic E-state index is -1.29. The number of anilines is 1. The third kappa shape index (κ3) is 2.75. The Morgan fingerprint density at radius 3 is 2.70 bits per heavy atom. The third-order valence-corrected chi connectivity index (χ3v) is 2.81. The number of benzene rings is 1.